The van der Waals surface area contributed by atoms with E-state index >= 15 is 0 Å². The fraction of sp³-hybridized carbons (Fsp3) is 0.300. The fourth-order valence-corrected chi connectivity index (χ4v) is 1.66. The first-order valence-corrected chi connectivity index (χ1v) is 5.54. The summed E-state index contributed by atoms with van der Waals surface area (Å²) in [6, 6.07) is 4.45. The van der Waals surface area contributed by atoms with Crippen LogP contribution in [-0.2, 0) is 6.54 Å². The second-order valence-electron chi connectivity index (χ2n) is 3.36. The minimum absolute atomic E-state index is 0.173. The maximum atomic E-state index is 13.7. The molecule has 0 fully saturated rings. The Morgan fingerprint density at radius 1 is 1.47 bits per heavy atom. The predicted octanol–water partition coefficient (Wildman–Crippen LogP) is 1.56. The first kappa shape index (κ1) is 11.9. The van der Waals surface area contributed by atoms with E-state index in [2.05, 4.69) is 20.8 Å². The third-order valence-corrected chi connectivity index (χ3v) is 2.52. The Hall–Kier alpha value is -1.53. The van der Waals surface area contributed by atoms with Gasteiger partial charge in [-0.1, -0.05) is 24.6 Å². The second kappa shape index (κ2) is 5.20. The summed E-state index contributed by atoms with van der Waals surface area (Å²) in [5.74, 6) is 0.0569. The van der Waals surface area contributed by atoms with Gasteiger partial charge in [0.2, 0.25) is 0 Å². The van der Waals surface area contributed by atoms with E-state index in [0.717, 1.165) is 6.54 Å². The van der Waals surface area contributed by atoms with Crippen LogP contribution in [0.5, 0.6) is 0 Å². The van der Waals surface area contributed by atoms with Crippen molar-refractivity contribution in [3.63, 3.8) is 0 Å². The fourth-order valence-electron chi connectivity index (χ4n) is 1.42. The zero-order valence-electron chi connectivity index (χ0n) is 9.19. The van der Waals surface area contributed by atoms with Crippen LogP contribution in [0, 0.1) is 5.82 Å². The topological polar surface area (TPSA) is 55.6 Å². The van der Waals surface area contributed by atoms with Crippen molar-refractivity contribution >= 4 is 11.6 Å². The molecule has 2 aromatic rings. The summed E-state index contributed by atoms with van der Waals surface area (Å²) in [6.07, 6.45) is 0. The summed E-state index contributed by atoms with van der Waals surface area (Å²) < 4.78 is 15.0. The Bertz CT molecular complexity index is 493. The first-order chi connectivity index (χ1) is 8.24. The Morgan fingerprint density at radius 2 is 2.29 bits per heavy atom. The molecule has 2 rings (SSSR count). The third-order valence-electron chi connectivity index (χ3n) is 2.22. The molecule has 0 atom stereocenters. The molecule has 1 aromatic carbocycles. The molecule has 1 aromatic heterocycles. The lowest BCUT2D eigenvalue weighted by Gasteiger charge is -2.07. The largest absolute Gasteiger partial charge is 0.310 e. The summed E-state index contributed by atoms with van der Waals surface area (Å²) in [5.41, 5.74) is 0.173. The molecule has 90 valence electrons. The third kappa shape index (κ3) is 2.42. The predicted molar refractivity (Wildman–Crippen MR) is 61.5 cm³/mol. The van der Waals surface area contributed by atoms with Gasteiger partial charge in [-0.3, -0.25) is 0 Å². The molecule has 0 unspecified atom stereocenters. The van der Waals surface area contributed by atoms with Crippen molar-refractivity contribution in [2.75, 3.05) is 6.54 Å². The maximum Gasteiger partial charge on any atom is 0.170 e. The first-order valence-electron chi connectivity index (χ1n) is 5.16. The average molecular weight is 256 g/mol. The molecule has 0 bridgehead atoms. The van der Waals surface area contributed by atoms with E-state index in [4.69, 9.17) is 11.6 Å². The lowest BCUT2D eigenvalue weighted by atomic mass is 10.3. The molecule has 17 heavy (non-hydrogen) atoms. The minimum Gasteiger partial charge on any atom is -0.310 e. The van der Waals surface area contributed by atoms with Crippen LogP contribution < -0.4 is 5.32 Å². The number of hydrogen-bond donors (Lipinski definition) is 1. The van der Waals surface area contributed by atoms with Gasteiger partial charge in [0.1, 0.15) is 5.69 Å². The van der Waals surface area contributed by atoms with Crippen LogP contribution in [0.3, 0.4) is 0 Å². The van der Waals surface area contributed by atoms with Crippen LogP contribution >= 0.6 is 11.6 Å². The highest BCUT2D eigenvalue weighted by Gasteiger charge is 2.14. The molecule has 5 nitrogen and oxygen atoms in total. The Kier molecular flexibility index (Phi) is 3.65. The van der Waals surface area contributed by atoms with Gasteiger partial charge in [-0.25, -0.2) is 4.39 Å². The zero-order valence-corrected chi connectivity index (χ0v) is 9.95. The van der Waals surface area contributed by atoms with Gasteiger partial charge < -0.3 is 5.32 Å². The van der Waals surface area contributed by atoms with Crippen LogP contribution in [0.1, 0.15) is 12.7 Å². The van der Waals surface area contributed by atoms with Crippen LogP contribution in [0.15, 0.2) is 18.2 Å². The molecule has 0 aliphatic heterocycles. The van der Waals surface area contributed by atoms with E-state index in [9.17, 15) is 4.39 Å². The molecule has 0 radical (unpaired) electrons. The number of halogens is 2. The minimum atomic E-state index is -0.456. The smallest absolute Gasteiger partial charge is 0.170 e. The molecule has 1 N–H and O–H groups in total. The number of hydrogen-bond acceptors (Lipinski definition) is 4. The summed E-state index contributed by atoms with van der Waals surface area (Å²) in [7, 11) is 0. The molecule has 1 heterocycles. The number of rotatable bonds is 4. The van der Waals surface area contributed by atoms with E-state index in [-0.39, 0.29) is 10.7 Å². The Morgan fingerprint density at radius 3 is 3.00 bits per heavy atom. The summed E-state index contributed by atoms with van der Waals surface area (Å²) >= 11 is 5.95. The molecule has 7 heteroatoms. The van der Waals surface area contributed by atoms with Crippen molar-refractivity contribution in [3.8, 4) is 5.69 Å². The summed E-state index contributed by atoms with van der Waals surface area (Å²) in [5, 5.41) is 14.5. The van der Waals surface area contributed by atoms with Gasteiger partial charge in [0.25, 0.3) is 0 Å². The molecular weight excluding hydrogens is 245 g/mol. The van der Waals surface area contributed by atoms with Gasteiger partial charge in [0, 0.05) is 0 Å². The lowest BCUT2D eigenvalue weighted by molar-refractivity contribution is 0.595. The van der Waals surface area contributed by atoms with Crippen molar-refractivity contribution in [2.45, 2.75) is 13.5 Å². The molecule has 0 aliphatic carbocycles. The molecule has 0 saturated heterocycles. The molecular formula is C10H11ClFN5. The highest BCUT2D eigenvalue weighted by Crippen LogP contribution is 2.23. The molecule has 0 saturated carbocycles. The van der Waals surface area contributed by atoms with E-state index in [1.807, 2.05) is 6.92 Å². The number of para-hydroxylation sites is 1. The summed E-state index contributed by atoms with van der Waals surface area (Å²) in [6.45, 7) is 3.19. The van der Waals surface area contributed by atoms with Gasteiger partial charge in [-0.15, -0.1) is 5.10 Å². The number of tetrazole rings is 1. The van der Waals surface area contributed by atoms with E-state index < -0.39 is 5.82 Å². The number of benzene rings is 1. The van der Waals surface area contributed by atoms with Crippen molar-refractivity contribution < 1.29 is 4.39 Å². The highest BCUT2D eigenvalue weighted by atomic mass is 35.5. The van der Waals surface area contributed by atoms with Gasteiger partial charge in [0.15, 0.2) is 11.6 Å². The lowest BCUT2D eigenvalue weighted by Crippen LogP contribution is -2.17. The van der Waals surface area contributed by atoms with Gasteiger partial charge in [-0.2, -0.15) is 4.68 Å². The van der Waals surface area contributed by atoms with Crippen molar-refractivity contribution in [2.24, 2.45) is 0 Å². The summed E-state index contributed by atoms with van der Waals surface area (Å²) in [4.78, 5) is 0. The van der Waals surface area contributed by atoms with Crippen molar-refractivity contribution in [1.82, 2.24) is 25.5 Å². The van der Waals surface area contributed by atoms with E-state index in [1.54, 1.807) is 6.07 Å². The van der Waals surface area contributed by atoms with Gasteiger partial charge >= 0.3 is 0 Å². The van der Waals surface area contributed by atoms with E-state index in [1.165, 1.54) is 16.8 Å². The number of aromatic nitrogens is 4. The number of nitrogens with zero attached hydrogens (tertiary/aromatic N) is 4. The maximum absolute atomic E-state index is 13.7. The number of nitrogens with one attached hydrogen (secondary N) is 1. The van der Waals surface area contributed by atoms with Gasteiger partial charge in [0.05, 0.1) is 11.6 Å². The molecule has 0 aliphatic rings. The van der Waals surface area contributed by atoms with Crippen LogP contribution in [0.25, 0.3) is 5.69 Å². The quantitative estimate of drug-likeness (QED) is 0.901. The molecule has 0 amide bonds. The second-order valence-corrected chi connectivity index (χ2v) is 3.76. The zero-order chi connectivity index (χ0) is 12.3. The van der Waals surface area contributed by atoms with Crippen LogP contribution in [0.2, 0.25) is 5.02 Å². The van der Waals surface area contributed by atoms with E-state index in [0.29, 0.717) is 12.4 Å². The normalized spacial score (nSPS) is 10.8. The monoisotopic (exact) mass is 255 g/mol. The van der Waals surface area contributed by atoms with Gasteiger partial charge in [-0.05, 0) is 29.1 Å². The van der Waals surface area contributed by atoms with Crippen LogP contribution in [0.4, 0.5) is 4.39 Å². The Balaban J connectivity index is 2.43. The standard InChI is InChI=1S/C10H11ClFN5/c1-2-13-6-9-14-15-16-17(9)10-7(11)4-3-5-8(10)12/h3-5,13H,2,6H2,1H3. The van der Waals surface area contributed by atoms with Crippen molar-refractivity contribution in [3.05, 3.63) is 34.9 Å². The highest BCUT2D eigenvalue weighted by molar-refractivity contribution is 6.32. The van der Waals surface area contributed by atoms with Crippen LogP contribution in [-0.4, -0.2) is 26.8 Å². The average Bonchev–Trinajstić information content (AvgIpc) is 2.74. The van der Waals surface area contributed by atoms with Crippen molar-refractivity contribution in [1.29, 1.82) is 0 Å². The Labute approximate surface area is 103 Å². The SMILES string of the molecule is CCNCc1nnnn1-c1c(F)cccc1Cl. The molecule has 0 spiro atoms.